The lowest BCUT2D eigenvalue weighted by Gasteiger charge is -2.20. The van der Waals surface area contributed by atoms with Crippen molar-refractivity contribution in [2.45, 2.75) is 12.6 Å². The first-order valence-corrected chi connectivity index (χ1v) is 8.91. The molecule has 0 spiro atoms. The van der Waals surface area contributed by atoms with Gasteiger partial charge in [0.05, 0.1) is 17.8 Å². The number of amides is 1. The van der Waals surface area contributed by atoms with Gasteiger partial charge in [-0.3, -0.25) is 19.3 Å². The molecule has 0 saturated heterocycles. The van der Waals surface area contributed by atoms with Crippen molar-refractivity contribution in [2.24, 2.45) is 0 Å². The Labute approximate surface area is 161 Å². The lowest BCUT2D eigenvalue weighted by molar-refractivity contribution is -0.122. The molecule has 0 aliphatic rings. The van der Waals surface area contributed by atoms with Crippen LogP contribution in [0.15, 0.2) is 90.1 Å². The third-order valence-electron chi connectivity index (χ3n) is 4.53. The molecule has 4 rings (SSSR count). The van der Waals surface area contributed by atoms with Crippen molar-refractivity contribution >= 4 is 16.8 Å². The van der Waals surface area contributed by atoms with Gasteiger partial charge in [-0.2, -0.15) is 5.10 Å². The van der Waals surface area contributed by atoms with Gasteiger partial charge in [-0.05, 0) is 35.4 Å². The number of hydrogen-bond acceptors (Lipinski definition) is 4. The summed E-state index contributed by atoms with van der Waals surface area (Å²) >= 11 is 0. The Morgan fingerprint density at radius 1 is 0.929 bits per heavy atom. The van der Waals surface area contributed by atoms with Gasteiger partial charge in [0.1, 0.15) is 6.54 Å². The Morgan fingerprint density at radius 2 is 1.61 bits per heavy atom. The van der Waals surface area contributed by atoms with Crippen LogP contribution in [0, 0.1) is 0 Å². The van der Waals surface area contributed by atoms with E-state index >= 15 is 0 Å². The van der Waals surface area contributed by atoms with Crippen LogP contribution in [0.5, 0.6) is 0 Å². The van der Waals surface area contributed by atoms with Crippen LogP contribution in [0.2, 0.25) is 0 Å². The van der Waals surface area contributed by atoms with Crippen molar-refractivity contribution in [3.05, 3.63) is 107 Å². The van der Waals surface area contributed by atoms with Crippen LogP contribution in [0.1, 0.15) is 17.2 Å². The fraction of sp³-hybridized carbons (Fsp3) is 0.0909. The minimum atomic E-state index is -0.303. The minimum Gasteiger partial charge on any atom is -0.344 e. The number of carbonyl (C=O) groups is 1. The molecule has 0 bridgehead atoms. The molecule has 1 atom stereocenters. The van der Waals surface area contributed by atoms with E-state index in [-0.39, 0.29) is 23.9 Å². The van der Waals surface area contributed by atoms with Crippen molar-refractivity contribution in [3.8, 4) is 0 Å². The lowest BCUT2D eigenvalue weighted by Crippen LogP contribution is -2.33. The standard InChI is InChI=1S/C22H18N4O2/c27-20-14-24-26(19-9-5-4-8-18(19)20)15-21(28)25-22(16-6-2-1-3-7-16)17-10-12-23-13-11-17/h1-14,22H,15H2,(H,25,28). The van der Waals surface area contributed by atoms with E-state index in [0.717, 1.165) is 11.1 Å². The molecular weight excluding hydrogens is 352 g/mol. The van der Waals surface area contributed by atoms with Crippen molar-refractivity contribution in [1.29, 1.82) is 0 Å². The SMILES string of the molecule is O=C(Cn1ncc(=O)c2ccccc21)NC(c1ccccc1)c1ccncc1. The Bertz CT molecular complexity index is 1120. The number of hydrogen-bond donors (Lipinski definition) is 1. The summed E-state index contributed by atoms with van der Waals surface area (Å²) in [4.78, 5) is 28.9. The van der Waals surface area contributed by atoms with Gasteiger partial charge in [-0.1, -0.05) is 42.5 Å². The zero-order valence-corrected chi connectivity index (χ0v) is 15.0. The second-order valence-electron chi connectivity index (χ2n) is 6.38. The molecular formula is C22H18N4O2. The molecule has 4 aromatic rings. The maximum atomic E-state index is 12.8. The first kappa shape index (κ1) is 17.6. The quantitative estimate of drug-likeness (QED) is 0.586. The molecule has 6 nitrogen and oxygen atoms in total. The van der Waals surface area contributed by atoms with E-state index in [1.54, 1.807) is 35.3 Å². The Kier molecular flexibility index (Phi) is 4.93. The zero-order chi connectivity index (χ0) is 19.3. The van der Waals surface area contributed by atoms with Crippen LogP contribution < -0.4 is 10.7 Å². The normalized spacial score (nSPS) is 11.9. The summed E-state index contributed by atoms with van der Waals surface area (Å²) < 4.78 is 1.54. The van der Waals surface area contributed by atoms with Crippen LogP contribution >= 0.6 is 0 Å². The molecule has 28 heavy (non-hydrogen) atoms. The van der Waals surface area contributed by atoms with Gasteiger partial charge in [0, 0.05) is 17.8 Å². The minimum absolute atomic E-state index is 0.00914. The first-order chi connectivity index (χ1) is 13.7. The summed E-state index contributed by atoms with van der Waals surface area (Å²) in [6, 6.07) is 20.3. The van der Waals surface area contributed by atoms with Gasteiger partial charge in [0.2, 0.25) is 11.3 Å². The highest BCUT2D eigenvalue weighted by atomic mass is 16.2. The van der Waals surface area contributed by atoms with Crippen LogP contribution in [0.4, 0.5) is 0 Å². The molecule has 0 aliphatic carbocycles. The first-order valence-electron chi connectivity index (χ1n) is 8.91. The number of fused-ring (bicyclic) bond motifs is 1. The van der Waals surface area contributed by atoms with Gasteiger partial charge in [-0.25, -0.2) is 0 Å². The highest BCUT2D eigenvalue weighted by molar-refractivity contribution is 5.81. The third kappa shape index (κ3) is 3.66. The Morgan fingerprint density at radius 3 is 2.39 bits per heavy atom. The number of para-hydroxylation sites is 1. The van der Waals surface area contributed by atoms with E-state index in [9.17, 15) is 9.59 Å². The number of benzene rings is 2. The van der Waals surface area contributed by atoms with Gasteiger partial charge in [0.15, 0.2) is 0 Å². The topological polar surface area (TPSA) is 76.9 Å². The van der Waals surface area contributed by atoms with Crippen LogP contribution in [-0.2, 0) is 11.3 Å². The Balaban J connectivity index is 1.63. The molecule has 2 heterocycles. The molecule has 6 heteroatoms. The van der Waals surface area contributed by atoms with Gasteiger partial charge >= 0.3 is 0 Å². The second kappa shape index (κ2) is 7.84. The van der Waals surface area contributed by atoms with E-state index in [1.807, 2.05) is 48.5 Å². The van der Waals surface area contributed by atoms with Crippen LogP contribution in [-0.4, -0.2) is 20.7 Å². The average molecular weight is 370 g/mol. The summed E-state index contributed by atoms with van der Waals surface area (Å²) in [6.45, 7) is 0.00914. The third-order valence-corrected chi connectivity index (χ3v) is 4.53. The van der Waals surface area contributed by atoms with E-state index in [0.29, 0.717) is 10.9 Å². The molecule has 0 fully saturated rings. The monoisotopic (exact) mass is 370 g/mol. The summed E-state index contributed by atoms with van der Waals surface area (Å²) in [5.74, 6) is -0.202. The summed E-state index contributed by atoms with van der Waals surface area (Å²) in [7, 11) is 0. The second-order valence-corrected chi connectivity index (χ2v) is 6.38. The number of nitrogens with zero attached hydrogens (tertiary/aromatic N) is 3. The Hall–Kier alpha value is -3.80. The molecule has 0 saturated carbocycles. The van der Waals surface area contributed by atoms with Crippen LogP contribution in [0.25, 0.3) is 10.9 Å². The summed E-state index contributed by atoms with van der Waals surface area (Å²) in [6.07, 6.45) is 4.65. The number of aromatic nitrogens is 3. The van der Waals surface area contributed by atoms with E-state index < -0.39 is 0 Å². The number of nitrogens with one attached hydrogen (secondary N) is 1. The molecule has 0 aliphatic heterocycles. The van der Waals surface area contributed by atoms with E-state index in [2.05, 4.69) is 15.4 Å². The van der Waals surface area contributed by atoms with E-state index in [1.165, 1.54) is 6.20 Å². The zero-order valence-electron chi connectivity index (χ0n) is 15.0. The molecule has 1 N–H and O–H groups in total. The highest BCUT2D eigenvalue weighted by Gasteiger charge is 2.17. The van der Waals surface area contributed by atoms with Crippen molar-refractivity contribution in [3.63, 3.8) is 0 Å². The fourth-order valence-electron chi connectivity index (χ4n) is 3.19. The molecule has 138 valence electrons. The molecule has 2 aromatic heterocycles. The van der Waals surface area contributed by atoms with Gasteiger partial charge in [0.25, 0.3) is 0 Å². The predicted octanol–water partition coefficient (Wildman–Crippen LogP) is 2.70. The van der Waals surface area contributed by atoms with Crippen molar-refractivity contribution in [2.75, 3.05) is 0 Å². The number of rotatable bonds is 5. The van der Waals surface area contributed by atoms with Crippen molar-refractivity contribution < 1.29 is 4.79 Å². The predicted molar refractivity (Wildman–Crippen MR) is 107 cm³/mol. The van der Waals surface area contributed by atoms with Gasteiger partial charge in [-0.15, -0.1) is 0 Å². The number of pyridine rings is 1. The lowest BCUT2D eigenvalue weighted by atomic mass is 10.00. The summed E-state index contributed by atoms with van der Waals surface area (Å²) in [5, 5.41) is 7.75. The molecule has 1 unspecified atom stereocenters. The smallest absolute Gasteiger partial charge is 0.242 e. The molecule has 2 aromatic carbocycles. The average Bonchev–Trinajstić information content (AvgIpc) is 2.75. The number of carbonyl (C=O) groups excluding carboxylic acids is 1. The van der Waals surface area contributed by atoms with Crippen LogP contribution in [0.3, 0.4) is 0 Å². The van der Waals surface area contributed by atoms with Crippen molar-refractivity contribution in [1.82, 2.24) is 20.1 Å². The molecule has 1 amide bonds. The summed E-state index contributed by atoms with van der Waals surface area (Å²) in [5.41, 5.74) is 2.38. The van der Waals surface area contributed by atoms with E-state index in [4.69, 9.17) is 0 Å². The maximum absolute atomic E-state index is 12.8. The maximum Gasteiger partial charge on any atom is 0.242 e. The largest absolute Gasteiger partial charge is 0.344 e. The molecule has 0 radical (unpaired) electrons. The van der Waals surface area contributed by atoms with Gasteiger partial charge < -0.3 is 5.32 Å². The highest BCUT2D eigenvalue weighted by Crippen LogP contribution is 2.21. The fourth-order valence-corrected chi connectivity index (χ4v) is 3.19.